The first-order valence-corrected chi connectivity index (χ1v) is 13.0. The molecule has 4 rings (SSSR count). The molecule has 0 aliphatic carbocycles. The van der Waals surface area contributed by atoms with Crippen molar-refractivity contribution in [1.29, 1.82) is 0 Å². The Kier molecular flexibility index (Phi) is 15.0. The van der Waals surface area contributed by atoms with E-state index in [-0.39, 0.29) is 6.04 Å². The minimum Gasteiger partial charge on any atom is -0.475 e. The van der Waals surface area contributed by atoms with Crippen LogP contribution in [0.2, 0.25) is 0 Å². The number of aromatic nitrogens is 4. The smallest absolute Gasteiger partial charge is 0.475 e. The number of ether oxygens (including phenoxy) is 1. The number of carboxylic acids is 3. The normalized spacial score (nSPS) is 14.7. The van der Waals surface area contributed by atoms with Crippen molar-refractivity contribution in [3.05, 3.63) is 64.4 Å². The molecular formula is C24H24F9N5O7S. The topological polar surface area (TPSA) is 168 Å². The van der Waals surface area contributed by atoms with Gasteiger partial charge in [-0.25, -0.2) is 24.4 Å². The van der Waals surface area contributed by atoms with Gasteiger partial charge in [0.1, 0.15) is 5.01 Å². The van der Waals surface area contributed by atoms with Crippen molar-refractivity contribution in [3.63, 3.8) is 0 Å². The molecule has 3 N–H and O–H groups in total. The van der Waals surface area contributed by atoms with Crippen LogP contribution in [0.25, 0.3) is 0 Å². The Morgan fingerprint density at radius 1 is 0.935 bits per heavy atom. The zero-order chi connectivity index (χ0) is 35.3. The predicted molar refractivity (Wildman–Crippen MR) is 137 cm³/mol. The van der Waals surface area contributed by atoms with Crippen LogP contribution in [0.1, 0.15) is 28.0 Å². The maximum atomic E-state index is 10.6. The van der Waals surface area contributed by atoms with Crippen LogP contribution < -0.4 is 0 Å². The van der Waals surface area contributed by atoms with Crippen molar-refractivity contribution in [2.24, 2.45) is 7.05 Å². The minimum atomic E-state index is -5.08. The number of halogens is 9. The second-order valence-corrected chi connectivity index (χ2v) is 9.61. The summed E-state index contributed by atoms with van der Waals surface area (Å²) in [5.74, 6) is -8.27. The van der Waals surface area contributed by atoms with Gasteiger partial charge in [-0.1, -0.05) is 6.07 Å². The molecule has 12 nitrogen and oxygen atoms in total. The third kappa shape index (κ3) is 14.2. The van der Waals surface area contributed by atoms with E-state index >= 15 is 0 Å². The summed E-state index contributed by atoms with van der Waals surface area (Å²) in [6.45, 7) is 3.03. The molecule has 1 atom stereocenters. The van der Waals surface area contributed by atoms with Gasteiger partial charge in [-0.3, -0.25) is 9.88 Å². The summed E-state index contributed by atoms with van der Waals surface area (Å²) in [5.41, 5.74) is 3.54. The number of hydrogen-bond donors (Lipinski definition) is 3. The van der Waals surface area contributed by atoms with Gasteiger partial charge in [-0.2, -0.15) is 39.5 Å². The van der Waals surface area contributed by atoms with E-state index in [1.807, 2.05) is 36.2 Å². The van der Waals surface area contributed by atoms with Gasteiger partial charge in [0.2, 0.25) is 0 Å². The number of pyridine rings is 1. The molecule has 1 unspecified atom stereocenters. The lowest BCUT2D eigenvalue weighted by atomic mass is 10.0. The van der Waals surface area contributed by atoms with Crippen molar-refractivity contribution in [2.75, 3.05) is 13.2 Å². The first kappa shape index (κ1) is 39.7. The fraction of sp³-hybridized carbons (Fsp3) is 0.417. The Morgan fingerprint density at radius 3 is 1.91 bits per heavy atom. The second-order valence-electron chi connectivity index (χ2n) is 8.63. The fourth-order valence-corrected chi connectivity index (χ4v) is 3.98. The molecule has 0 bridgehead atoms. The molecule has 22 heteroatoms. The highest BCUT2D eigenvalue weighted by molar-refractivity contribution is 7.09. The fourth-order valence-electron chi connectivity index (χ4n) is 3.34. The van der Waals surface area contributed by atoms with Crippen LogP contribution >= 0.6 is 11.3 Å². The van der Waals surface area contributed by atoms with Gasteiger partial charge in [-0.05, 0) is 11.6 Å². The van der Waals surface area contributed by atoms with Crippen molar-refractivity contribution >= 4 is 29.2 Å². The number of carboxylic acid groups (broad SMARTS) is 3. The molecule has 0 fully saturated rings. The highest BCUT2D eigenvalue weighted by Gasteiger charge is 2.39. The summed E-state index contributed by atoms with van der Waals surface area (Å²) < 4.78 is 103. The SMILES string of the molecule is Cn1cnc2c1C(COCc1cccnc1)N(Cc1nccs1)CC2.O=C(O)C(F)(F)F.O=C(O)C(F)(F)F.O=C(O)C(F)(F)F. The van der Waals surface area contributed by atoms with E-state index < -0.39 is 36.4 Å². The first-order valence-electron chi connectivity index (χ1n) is 12.1. The molecule has 4 heterocycles. The number of hydrogen-bond acceptors (Lipinski definition) is 9. The Bertz CT molecular complexity index is 1330. The molecule has 1 aliphatic heterocycles. The number of imidazole rings is 1. The van der Waals surface area contributed by atoms with Gasteiger partial charge in [0.25, 0.3) is 0 Å². The molecule has 0 saturated heterocycles. The van der Waals surface area contributed by atoms with Crippen LogP contribution in [0.15, 0.2) is 42.4 Å². The van der Waals surface area contributed by atoms with Crippen molar-refractivity contribution in [1.82, 2.24) is 24.4 Å². The number of alkyl halides is 9. The summed E-state index contributed by atoms with van der Waals surface area (Å²) in [6.07, 6.45) is -6.87. The van der Waals surface area contributed by atoms with Crippen LogP contribution in [0.5, 0.6) is 0 Å². The van der Waals surface area contributed by atoms with Gasteiger partial charge in [0, 0.05) is 44.0 Å². The Hall–Kier alpha value is -4.31. The lowest BCUT2D eigenvalue weighted by Crippen LogP contribution is -2.38. The molecule has 256 valence electrons. The van der Waals surface area contributed by atoms with Crippen LogP contribution in [-0.2, 0) is 45.7 Å². The lowest BCUT2D eigenvalue weighted by Gasteiger charge is -2.35. The van der Waals surface area contributed by atoms with Crippen LogP contribution in [-0.4, -0.2) is 89.3 Å². The van der Waals surface area contributed by atoms with Crippen LogP contribution in [0, 0.1) is 0 Å². The largest absolute Gasteiger partial charge is 0.490 e. The van der Waals surface area contributed by atoms with E-state index in [0.717, 1.165) is 30.1 Å². The maximum Gasteiger partial charge on any atom is 0.490 e. The second kappa shape index (κ2) is 17.4. The predicted octanol–water partition coefficient (Wildman–Crippen LogP) is 4.49. The standard InChI is InChI=1S/C18H21N5OS.3C2HF3O2/c1-22-13-21-15-4-7-23(10-17-20-6-8-25-17)16(18(15)22)12-24-11-14-3-2-5-19-9-14;3*3-2(4,5)1(6)7/h2-3,5-6,8-9,13,16H,4,7,10-12H2,1H3;3*(H,6,7). The molecule has 0 saturated carbocycles. The van der Waals surface area contributed by atoms with E-state index in [0.29, 0.717) is 13.2 Å². The number of nitrogens with zero attached hydrogens (tertiary/aromatic N) is 5. The summed E-state index contributed by atoms with van der Waals surface area (Å²) in [7, 11) is 2.06. The van der Waals surface area contributed by atoms with E-state index in [9.17, 15) is 39.5 Å². The summed E-state index contributed by atoms with van der Waals surface area (Å²) in [6, 6.07) is 4.17. The average molecular weight is 698 g/mol. The highest BCUT2D eigenvalue weighted by Crippen LogP contribution is 2.31. The van der Waals surface area contributed by atoms with Crippen molar-refractivity contribution in [2.45, 2.75) is 44.1 Å². The first-order chi connectivity index (χ1) is 21.1. The van der Waals surface area contributed by atoms with Gasteiger partial charge in [-0.15, -0.1) is 11.3 Å². The Morgan fingerprint density at radius 2 is 1.48 bits per heavy atom. The monoisotopic (exact) mass is 697 g/mol. The van der Waals surface area contributed by atoms with Crippen molar-refractivity contribution < 1.29 is 74.0 Å². The van der Waals surface area contributed by atoms with Gasteiger partial charge in [0.15, 0.2) is 0 Å². The third-order valence-electron chi connectivity index (χ3n) is 5.27. The highest BCUT2D eigenvalue weighted by atomic mass is 32.1. The van der Waals surface area contributed by atoms with E-state index in [1.165, 1.54) is 11.4 Å². The summed E-state index contributed by atoms with van der Waals surface area (Å²) >= 11 is 1.70. The lowest BCUT2D eigenvalue weighted by molar-refractivity contribution is -0.193. The molecule has 0 spiro atoms. The van der Waals surface area contributed by atoms with Gasteiger partial charge < -0.3 is 24.6 Å². The zero-order valence-electron chi connectivity index (χ0n) is 23.2. The van der Waals surface area contributed by atoms with Crippen LogP contribution in [0.3, 0.4) is 0 Å². The minimum absolute atomic E-state index is 0.192. The van der Waals surface area contributed by atoms with Gasteiger partial charge in [0.05, 0.1) is 43.5 Å². The van der Waals surface area contributed by atoms with E-state index in [2.05, 4.69) is 31.5 Å². The molecule has 3 aromatic rings. The number of rotatable bonds is 6. The summed E-state index contributed by atoms with van der Waals surface area (Å²) in [4.78, 5) is 42.3. The van der Waals surface area contributed by atoms with Crippen LogP contribution in [0.4, 0.5) is 39.5 Å². The van der Waals surface area contributed by atoms with Gasteiger partial charge >= 0.3 is 36.4 Å². The molecule has 1 aliphatic rings. The molecule has 46 heavy (non-hydrogen) atoms. The Labute approximate surface area is 256 Å². The quantitative estimate of drug-likeness (QED) is 0.311. The third-order valence-corrected chi connectivity index (χ3v) is 6.04. The zero-order valence-corrected chi connectivity index (χ0v) is 24.0. The molecular weight excluding hydrogens is 673 g/mol. The number of aliphatic carboxylic acids is 3. The molecule has 0 aromatic carbocycles. The molecule has 0 radical (unpaired) electrons. The van der Waals surface area contributed by atoms with E-state index in [1.54, 1.807) is 17.5 Å². The number of thiazole rings is 1. The molecule has 3 aromatic heterocycles. The van der Waals surface area contributed by atoms with Crippen molar-refractivity contribution in [3.8, 4) is 0 Å². The average Bonchev–Trinajstić information content (AvgIpc) is 3.59. The number of carbonyl (C=O) groups is 3. The maximum absolute atomic E-state index is 10.6. The van der Waals surface area contributed by atoms with E-state index in [4.69, 9.17) is 34.4 Å². The molecule has 0 amide bonds. The number of aryl methyl sites for hydroxylation is 1. The Balaban J connectivity index is 0.000000413. The number of fused-ring (bicyclic) bond motifs is 1. The summed E-state index contributed by atoms with van der Waals surface area (Å²) in [5, 5.41) is 24.5.